The summed E-state index contributed by atoms with van der Waals surface area (Å²) in [6, 6.07) is 11.2. The van der Waals surface area contributed by atoms with Crippen molar-refractivity contribution in [2.75, 3.05) is 17.9 Å². The summed E-state index contributed by atoms with van der Waals surface area (Å²) in [5.41, 5.74) is 0.932. The first-order chi connectivity index (χ1) is 12.5. The van der Waals surface area contributed by atoms with E-state index in [-0.39, 0.29) is 4.90 Å². The molecule has 0 saturated carbocycles. The van der Waals surface area contributed by atoms with Crippen molar-refractivity contribution in [1.29, 1.82) is 0 Å². The van der Waals surface area contributed by atoms with Gasteiger partial charge in [-0.15, -0.1) is 0 Å². The second-order valence-corrected chi connectivity index (χ2v) is 7.31. The maximum atomic E-state index is 12.7. The number of nitrogens with zero attached hydrogens (tertiary/aromatic N) is 2. The summed E-state index contributed by atoms with van der Waals surface area (Å²) in [7, 11) is -3.80. The quantitative estimate of drug-likeness (QED) is 0.750. The van der Waals surface area contributed by atoms with Crippen LogP contribution in [-0.4, -0.2) is 31.8 Å². The first-order valence-corrected chi connectivity index (χ1v) is 9.33. The fourth-order valence-corrected chi connectivity index (χ4v) is 3.63. The van der Waals surface area contributed by atoms with E-state index in [0.717, 1.165) is 0 Å². The first kappa shape index (κ1) is 16.4. The van der Waals surface area contributed by atoms with Gasteiger partial charge in [0, 0.05) is 18.6 Å². The molecule has 0 spiro atoms. The molecule has 0 saturated heterocycles. The standard InChI is InChI=1S/C17H15N3O5S/c1-11-18-17(19-25-11)12-3-2-4-14(9-12)26(21,22)20-13-5-6-15-16(10-13)24-8-7-23-15/h2-6,9-10,20H,7-8H2,1H3. The zero-order valence-electron chi connectivity index (χ0n) is 13.8. The number of hydrogen-bond donors (Lipinski definition) is 1. The van der Waals surface area contributed by atoms with E-state index >= 15 is 0 Å². The smallest absolute Gasteiger partial charge is 0.261 e. The molecule has 134 valence electrons. The molecule has 1 aliphatic rings. The van der Waals surface area contributed by atoms with E-state index < -0.39 is 10.0 Å². The van der Waals surface area contributed by atoms with E-state index in [0.29, 0.717) is 47.7 Å². The molecule has 0 unspecified atom stereocenters. The molecule has 8 nitrogen and oxygen atoms in total. The molecule has 2 heterocycles. The molecule has 0 amide bonds. The number of rotatable bonds is 4. The Morgan fingerprint density at radius 3 is 2.62 bits per heavy atom. The van der Waals surface area contributed by atoms with Crippen molar-refractivity contribution in [3.63, 3.8) is 0 Å². The molecule has 1 N–H and O–H groups in total. The minimum Gasteiger partial charge on any atom is -0.486 e. The van der Waals surface area contributed by atoms with Gasteiger partial charge in [0.25, 0.3) is 10.0 Å². The molecule has 2 aromatic carbocycles. The van der Waals surface area contributed by atoms with Crippen LogP contribution in [0.1, 0.15) is 5.89 Å². The summed E-state index contributed by atoms with van der Waals surface area (Å²) in [5.74, 6) is 1.84. The van der Waals surface area contributed by atoms with Crippen LogP contribution >= 0.6 is 0 Å². The lowest BCUT2D eigenvalue weighted by molar-refractivity contribution is 0.171. The number of sulfonamides is 1. The summed E-state index contributed by atoms with van der Waals surface area (Å²) < 4.78 is 43.8. The number of anilines is 1. The van der Waals surface area contributed by atoms with Crippen LogP contribution < -0.4 is 14.2 Å². The lowest BCUT2D eigenvalue weighted by Crippen LogP contribution is -2.16. The third-order valence-corrected chi connectivity index (χ3v) is 5.10. The molecular weight excluding hydrogens is 358 g/mol. The number of benzene rings is 2. The van der Waals surface area contributed by atoms with E-state index in [1.165, 1.54) is 12.1 Å². The van der Waals surface area contributed by atoms with Gasteiger partial charge in [-0.05, 0) is 24.3 Å². The lowest BCUT2D eigenvalue weighted by Gasteiger charge is -2.19. The Morgan fingerprint density at radius 2 is 1.85 bits per heavy atom. The van der Waals surface area contributed by atoms with Gasteiger partial charge in [-0.2, -0.15) is 4.98 Å². The van der Waals surface area contributed by atoms with E-state index in [2.05, 4.69) is 14.9 Å². The van der Waals surface area contributed by atoms with Crippen molar-refractivity contribution in [3.05, 3.63) is 48.4 Å². The van der Waals surface area contributed by atoms with Crippen molar-refractivity contribution < 1.29 is 22.4 Å². The molecule has 4 rings (SSSR count). The van der Waals surface area contributed by atoms with E-state index in [4.69, 9.17) is 14.0 Å². The Morgan fingerprint density at radius 1 is 1.04 bits per heavy atom. The Labute approximate surface area is 149 Å². The van der Waals surface area contributed by atoms with Gasteiger partial charge in [-0.1, -0.05) is 17.3 Å². The molecule has 3 aromatic rings. The van der Waals surface area contributed by atoms with Crippen LogP contribution in [0.15, 0.2) is 51.9 Å². The third kappa shape index (κ3) is 3.21. The predicted octanol–water partition coefficient (Wildman–Crippen LogP) is 2.62. The number of nitrogens with one attached hydrogen (secondary N) is 1. The first-order valence-electron chi connectivity index (χ1n) is 7.84. The Bertz CT molecular complexity index is 1060. The largest absolute Gasteiger partial charge is 0.486 e. The summed E-state index contributed by atoms with van der Waals surface area (Å²) in [4.78, 5) is 4.20. The predicted molar refractivity (Wildman–Crippen MR) is 92.7 cm³/mol. The van der Waals surface area contributed by atoms with Gasteiger partial charge in [-0.3, -0.25) is 4.72 Å². The summed E-state index contributed by atoms with van der Waals surface area (Å²) >= 11 is 0. The van der Waals surface area contributed by atoms with Crippen LogP contribution in [0.2, 0.25) is 0 Å². The van der Waals surface area contributed by atoms with Gasteiger partial charge >= 0.3 is 0 Å². The van der Waals surface area contributed by atoms with E-state index in [1.54, 1.807) is 37.3 Å². The molecule has 0 radical (unpaired) electrons. The maximum absolute atomic E-state index is 12.7. The number of fused-ring (bicyclic) bond motifs is 1. The minimum absolute atomic E-state index is 0.0901. The monoisotopic (exact) mass is 373 g/mol. The number of ether oxygens (including phenoxy) is 2. The van der Waals surface area contributed by atoms with Gasteiger partial charge < -0.3 is 14.0 Å². The molecule has 0 bridgehead atoms. The van der Waals surface area contributed by atoms with Crippen LogP contribution in [0, 0.1) is 6.92 Å². The van der Waals surface area contributed by atoms with Crippen molar-refractivity contribution in [1.82, 2.24) is 10.1 Å². The van der Waals surface area contributed by atoms with Gasteiger partial charge in [0.1, 0.15) is 13.2 Å². The molecule has 26 heavy (non-hydrogen) atoms. The minimum atomic E-state index is -3.80. The molecule has 0 atom stereocenters. The zero-order chi connectivity index (χ0) is 18.1. The average molecular weight is 373 g/mol. The van der Waals surface area contributed by atoms with Crippen LogP contribution in [0.3, 0.4) is 0 Å². The molecule has 0 fully saturated rings. The molecule has 1 aromatic heterocycles. The maximum Gasteiger partial charge on any atom is 0.261 e. The highest BCUT2D eigenvalue weighted by molar-refractivity contribution is 7.92. The second-order valence-electron chi connectivity index (χ2n) is 5.63. The number of hydrogen-bond acceptors (Lipinski definition) is 7. The van der Waals surface area contributed by atoms with Crippen LogP contribution in [0.25, 0.3) is 11.4 Å². The van der Waals surface area contributed by atoms with E-state index in [9.17, 15) is 8.42 Å². The zero-order valence-corrected chi connectivity index (χ0v) is 14.6. The molecular formula is C17H15N3O5S. The molecule has 1 aliphatic heterocycles. The van der Waals surface area contributed by atoms with Gasteiger partial charge in [0.2, 0.25) is 11.7 Å². The fourth-order valence-electron chi connectivity index (χ4n) is 2.54. The van der Waals surface area contributed by atoms with Crippen molar-refractivity contribution in [2.45, 2.75) is 11.8 Å². The fraction of sp³-hybridized carbons (Fsp3) is 0.176. The van der Waals surface area contributed by atoms with Gasteiger partial charge in [-0.25, -0.2) is 8.42 Å². The highest BCUT2D eigenvalue weighted by Gasteiger charge is 2.18. The number of aryl methyl sites for hydroxylation is 1. The van der Waals surface area contributed by atoms with Crippen molar-refractivity contribution in [2.24, 2.45) is 0 Å². The lowest BCUT2D eigenvalue weighted by atomic mass is 10.2. The molecule has 0 aliphatic carbocycles. The van der Waals surface area contributed by atoms with Crippen molar-refractivity contribution in [3.8, 4) is 22.9 Å². The second kappa shape index (κ2) is 6.34. The topological polar surface area (TPSA) is 104 Å². The average Bonchev–Trinajstić information content (AvgIpc) is 3.08. The van der Waals surface area contributed by atoms with E-state index in [1.807, 2.05) is 0 Å². The Balaban J connectivity index is 1.63. The normalized spacial score (nSPS) is 13.4. The summed E-state index contributed by atoms with van der Waals surface area (Å²) in [5, 5.41) is 3.81. The highest BCUT2D eigenvalue weighted by Crippen LogP contribution is 2.33. The van der Waals surface area contributed by atoms with Crippen LogP contribution in [-0.2, 0) is 10.0 Å². The summed E-state index contributed by atoms with van der Waals surface area (Å²) in [6.07, 6.45) is 0. The Kier molecular flexibility index (Phi) is 4.00. The highest BCUT2D eigenvalue weighted by atomic mass is 32.2. The van der Waals surface area contributed by atoms with Gasteiger partial charge in [0.15, 0.2) is 11.5 Å². The van der Waals surface area contributed by atoms with Gasteiger partial charge in [0.05, 0.1) is 10.6 Å². The van der Waals surface area contributed by atoms with Crippen LogP contribution in [0.5, 0.6) is 11.5 Å². The van der Waals surface area contributed by atoms with Crippen LogP contribution in [0.4, 0.5) is 5.69 Å². The molecule has 9 heteroatoms. The third-order valence-electron chi connectivity index (χ3n) is 3.72. The Hall–Kier alpha value is -3.07. The number of aromatic nitrogens is 2. The van der Waals surface area contributed by atoms with Crippen molar-refractivity contribution >= 4 is 15.7 Å². The summed E-state index contributed by atoms with van der Waals surface area (Å²) in [6.45, 7) is 2.57. The SMILES string of the molecule is Cc1nc(-c2cccc(S(=O)(=O)Nc3ccc4c(c3)OCCO4)c2)no1.